The van der Waals surface area contributed by atoms with E-state index in [9.17, 15) is 13.2 Å². The number of carbonyl (C=O) groups is 1. The van der Waals surface area contributed by atoms with Crippen molar-refractivity contribution in [3.05, 3.63) is 12.4 Å². The van der Waals surface area contributed by atoms with Crippen LogP contribution in [-0.4, -0.2) is 34.8 Å². The molecule has 1 aromatic rings. The minimum absolute atomic E-state index is 0.0617. The third-order valence-electron chi connectivity index (χ3n) is 3.39. The molecule has 2 N–H and O–H groups in total. The van der Waals surface area contributed by atoms with Crippen LogP contribution in [0.15, 0.2) is 17.3 Å². The second kappa shape index (κ2) is 4.93. The standard InChI is InChI=1S/C11H17N3O4S/c1-14-8-9(7-12-14)19(17,18)13-11(6-10(15)16)4-2-3-5-11/h7-8,13H,2-6H2,1H3,(H,15,16). The summed E-state index contributed by atoms with van der Waals surface area (Å²) in [6.45, 7) is 0. The molecule has 0 amide bonds. The molecule has 1 saturated carbocycles. The molecule has 0 spiro atoms. The van der Waals surface area contributed by atoms with Crippen molar-refractivity contribution in [1.82, 2.24) is 14.5 Å². The Morgan fingerprint density at radius 2 is 2.16 bits per heavy atom. The van der Waals surface area contributed by atoms with Gasteiger partial charge in [-0.3, -0.25) is 9.48 Å². The molecule has 1 aliphatic carbocycles. The second-order valence-electron chi connectivity index (χ2n) is 5.01. The molecular formula is C11H17N3O4S. The first kappa shape index (κ1) is 14.0. The number of hydrogen-bond donors (Lipinski definition) is 2. The highest BCUT2D eigenvalue weighted by atomic mass is 32.2. The van der Waals surface area contributed by atoms with E-state index in [2.05, 4.69) is 9.82 Å². The number of aryl methyl sites for hydroxylation is 1. The van der Waals surface area contributed by atoms with Gasteiger partial charge in [0.25, 0.3) is 0 Å². The van der Waals surface area contributed by atoms with Crippen LogP contribution in [-0.2, 0) is 21.9 Å². The Balaban J connectivity index is 2.24. The molecule has 2 rings (SSSR count). The van der Waals surface area contributed by atoms with Crippen molar-refractivity contribution in [1.29, 1.82) is 0 Å². The van der Waals surface area contributed by atoms with Gasteiger partial charge in [0.2, 0.25) is 10.0 Å². The molecule has 0 unspecified atom stereocenters. The van der Waals surface area contributed by atoms with Crippen LogP contribution in [0.4, 0.5) is 0 Å². The van der Waals surface area contributed by atoms with Gasteiger partial charge in [0, 0.05) is 18.8 Å². The fourth-order valence-electron chi connectivity index (χ4n) is 2.54. The topological polar surface area (TPSA) is 101 Å². The van der Waals surface area contributed by atoms with Gasteiger partial charge >= 0.3 is 5.97 Å². The Labute approximate surface area is 111 Å². The van der Waals surface area contributed by atoms with Crippen LogP contribution in [0.2, 0.25) is 0 Å². The van der Waals surface area contributed by atoms with Gasteiger partial charge in [0.15, 0.2) is 0 Å². The lowest BCUT2D eigenvalue weighted by molar-refractivity contribution is -0.138. The fourth-order valence-corrected chi connectivity index (χ4v) is 3.98. The largest absolute Gasteiger partial charge is 0.481 e. The molecule has 0 atom stereocenters. The van der Waals surface area contributed by atoms with Gasteiger partial charge < -0.3 is 5.11 Å². The first-order chi connectivity index (χ1) is 8.83. The summed E-state index contributed by atoms with van der Waals surface area (Å²) in [5.41, 5.74) is -0.861. The number of sulfonamides is 1. The highest BCUT2D eigenvalue weighted by Crippen LogP contribution is 2.34. The van der Waals surface area contributed by atoms with E-state index < -0.39 is 21.5 Å². The molecule has 1 fully saturated rings. The highest BCUT2D eigenvalue weighted by molar-refractivity contribution is 7.89. The van der Waals surface area contributed by atoms with E-state index in [1.54, 1.807) is 7.05 Å². The maximum Gasteiger partial charge on any atom is 0.305 e. The van der Waals surface area contributed by atoms with Crippen LogP contribution in [0.1, 0.15) is 32.1 Å². The molecule has 0 saturated heterocycles. The van der Waals surface area contributed by atoms with Crippen LogP contribution >= 0.6 is 0 Å². The number of nitrogens with zero attached hydrogens (tertiary/aromatic N) is 2. The number of aliphatic carboxylic acids is 1. The van der Waals surface area contributed by atoms with Crippen molar-refractivity contribution in [2.75, 3.05) is 0 Å². The second-order valence-corrected chi connectivity index (χ2v) is 6.70. The Bertz CT molecular complexity index is 573. The average molecular weight is 287 g/mol. The summed E-state index contributed by atoms with van der Waals surface area (Å²) in [6, 6.07) is 0. The van der Waals surface area contributed by atoms with E-state index in [0.29, 0.717) is 12.8 Å². The molecule has 0 bridgehead atoms. The number of hydrogen-bond acceptors (Lipinski definition) is 4. The normalized spacial score (nSPS) is 18.6. The van der Waals surface area contributed by atoms with Crippen LogP contribution in [0.5, 0.6) is 0 Å². The predicted octanol–water partition coefficient (Wildman–Crippen LogP) is 0.486. The Morgan fingerprint density at radius 1 is 1.53 bits per heavy atom. The van der Waals surface area contributed by atoms with Crippen molar-refractivity contribution in [3.8, 4) is 0 Å². The zero-order chi connectivity index (χ0) is 14.1. The first-order valence-electron chi connectivity index (χ1n) is 6.07. The summed E-state index contributed by atoms with van der Waals surface area (Å²) in [4.78, 5) is 11.0. The van der Waals surface area contributed by atoms with Crippen molar-refractivity contribution in [2.45, 2.75) is 42.5 Å². The Hall–Kier alpha value is -1.41. The van der Waals surface area contributed by atoms with Crippen LogP contribution in [0, 0.1) is 0 Å². The van der Waals surface area contributed by atoms with Crippen molar-refractivity contribution >= 4 is 16.0 Å². The van der Waals surface area contributed by atoms with Crippen molar-refractivity contribution < 1.29 is 18.3 Å². The number of aromatic nitrogens is 2. The van der Waals surface area contributed by atoms with E-state index in [1.165, 1.54) is 17.1 Å². The van der Waals surface area contributed by atoms with Gasteiger partial charge in [-0.25, -0.2) is 13.1 Å². The third kappa shape index (κ3) is 3.13. The minimum atomic E-state index is -3.72. The van der Waals surface area contributed by atoms with Crippen LogP contribution in [0.25, 0.3) is 0 Å². The first-order valence-corrected chi connectivity index (χ1v) is 7.56. The van der Waals surface area contributed by atoms with Gasteiger partial charge in [0.1, 0.15) is 4.90 Å². The van der Waals surface area contributed by atoms with Gasteiger partial charge in [-0.05, 0) is 12.8 Å². The van der Waals surface area contributed by atoms with Gasteiger partial charge in [-0.1, -0.05) is 12.8 Å². The predicted molar refractivity (Wildman–Crippen MR) is 67.0 cm³/mol. The summed E-state index contributed by atoms with van der Waals surface area (Å²) in [5, 5.41) is 12.8. The minimum Gasteiger partial charge on any atom is -0.481 e. The maximum atomic E-state index is 12.2. The summed E-state index contributed by atoms with van der Waals surface area (Å²) >= 11 is 0. The van der Waals surface area contributed by atoms with Gasteiger partial charge in [-0.2, -0.15) is 5.10 Å². The molecule has 1 aromatic heterocycles. The SMILES string of the molecule is Cn1cc(S(=O)(=O)NC2(CC(=O)O)CCCC2)cn1. The average Bonchev–Trinajstić information content (AvgIpc) is 2.86. The summed E-state index contributed by atoms with van der Waals surface area (Å²) < 4.78 is 28.4. The quantitative estimate of drug-likeness (QED) is 0.820. The van der Waals surface area contributed by atoms with E-state index in [1.807, 2.05) is 0 Å². The lowest BCUT2D eigenvalue weighted by Crippen LogP contribution is -2.47. The zero-order valence-electron chi connectivity index (χ0n) is 10.7. The zero-order valence-corrected chi connectivity index (χ0v) is 11.5. The number of nitrogens with one attached hydrogen (secondary N) is 1. The molecule has 7 nitrogen and oxygen atoms in total. The molecule has 0 aromatic carbocycles. The lowest BCUT2D eigenvalue weighted by Gasteiger charge is -2.27. The van der Waals surface area contributed by atoms with Crippen molar-refractivity contribution in [2.24, 2.45) is 7.05 Å². The third-order valence-corrected chi connectivity index (χ3v) is 4.93. The number of rotatable bonds is 5. The molecule has 19 heavy (non-hydrogen) atoms. The van der Waals surface area contributed by atoms with Gasteiger partial charge in [-0.15, -0.1) is 0 Å². The summed E-state index contributed by atoms with van der Waals surface area (Å²) in [6.07, 6.45) is 5.24. The number of carboxylic acids is 1. The molecule has 106 valence electrons. The lowest BCUT2D eigenvalue weighted by atomic mass is 9.95. The fraction of sp³-hybridized carbons (Fsp3) is 0.636. The summed E-state index contributed by atoms with van der Waals surface area (Å²) in [7, 11) is -2.10. The van der Waals surface area contributed by atoms with Crippen molar-refractivity contribution in [3.63, 3.8) is 0 Å². The number of carboxylic acid groups (broad SMARTS) is 1. The van der Waals surface area contributed by atoms with E-state index >= 15 is 0 Å². The van der Waals surface area contributed by atoms with Crippen LogP contribution in [0.3, 0.4) is 0 Å². The Morgan fingerprint density at radius 3 is 2.63 bits per heavy atom. The molecule has 1 heterocycles. The monoisotopic (exact) mass is 287 g/mol. The molecule has 1 aliphatic rings. The van der Waals surface area contributed by atoms with Gasteiger partial charge in [0.05, 0.1) is 12.6 Å². The maximum absolute atomic E-state index is 12.2. The molecule has 0 radical (unpaired) electrons. The molecule has 0 aliphatic heterocycles. The molecule has 8 heteroatoms. The summed E-state index contributed by atoms with van der Waals surface area (Å²) in [5.74, 6) is -0.990. The Kier molecular flexibility index (Phi) is 3.64. The van der Waals surface area contributed by atoms with E-state index in [4.69, 9.17) is 5.11 Å². The van der Waals surface area contributed by atoms with Crippen LogP contribution < -0.4 is 4.72 Å². The van der Waals surface area contributed by atoms with E-state index in [-0.39, 0.29) is 11.3 Å². The molecular weight excluding hydrogens is 270 g/mol. The highest BCUT2D eigenvalue weighted by Gasteiger charge is 2.40. The van der Waals surface area contributed by atoms with E-state index in [0.717, 1.165) is 12.8 Å². The smallest absolute Gasteiger partial charge is 0.305 e.